The molecule has 5 rings (SSSR count). The molecule has 0 spiro atoms. The summed E-state index contributed by atoms with van der Waals surface area (Å²) in [6.07, 6.45) is 0.118. The zero-order valence-corrected chi connectivity index (χ0v) is 18.6. The minimum absolute atomic E-state index is 0.118. The van der Waals surface area contributed by atoms with Gasteiger partial charge in [0, 0.05) is 28.6 Å². The maximum absolute atomic E-state index is 13.3. The number of esters is 1. The highest BCUT2D eigenvalue weighted by Crippen LogP contribution is 2.39. The van der Waals surface area contributed by atoms with Crippen molar-refractivity contribution in [1.82, 2.24) is 14.5 Å². The number of benzene rings is 1. The van der Waals surface area contributed by atoms with Crippen molar-refractivity contribution in [2.24, 2.45) is 0 Å². The first-order valence-electron chi connectivity index (χ1n) is 10.6. The number of hydrogen-bond donors (Lipinski definition) is 1. The molecule has 32 heavy (non-hydrogen) atoms. The molecule has 0 radical (unpaired) electrons. The van der Waals surface area contributed by atoms with Crippen molar-refractivity contribution in [3.8, 4) is 17.1 Å². The molecule has 2 aliphatic heterocycles. The molecule has 1 atom stereocenters. The van der Waals surface area contributed by atoms with E-state index < -0.39 is 11.6 Å². The molecule has 0 amide bonds. The summed E-state index contributed by atoms with van der Waals surface area (Å²) in [6.45, 7) is 2.62. The number of carbonyl (C=O) groups excluding carboxylic acids is 1. The highest BCUT2D eigenvalue weighted by Gasteiger charge is 2.45. The van der Waals surface area contributed by atoms with E-state index in [-0.39, 0.29) is 18.6 Å². The average Bonchev–Trinajstić information content (AvgIpc) is 3.13. The first-order chi connectivity index (χ1) is 15.3. The smallest absolute Gasteiger partial charge is 0.343 e. The van der Waals surface area contributed by atoms with Gasteiger partial charge in [0.25, 0.3) is 5.56 Å². The lowest BCUT2D eigenvalue weighted by atomic mass is 9.86. The molecular weight excluding hydrogens is 410 g/mol. The lowest BCUT2D eigenvalue weighted by Gasteiger charge is -2.31. The van der Waals surface area contributed by atoms with E-state index in [2.05, 4.69) is 11.0 Å². The Bertz CT molecular complexity index is 1340. The molecule has 1 N–H and O–H groups in total. The van der Waals surface area contributed by atoms with Crippen molar-refractivity contribution < 1.29 is 19.4 Å². The van der Waals surface area contributed by atoms with E-state index in [0.29, 0.717) is 35.6 Å². The van der Waals surface area contributed by atoms with Gasteiger partial charge in [0.15, 0.2) is 5.60 Å². The number of fused-ring (bicyclic) bond motifs is 5. The lowest BCUT2D eigenvalue weighted by Crippen LogP contribution is -2.44. The first-order valence-corrected chi connectivity index (χ1v) is 10.6. The van der Waals surface area contributed by atoms with E-state index in [4.69, 9.17) is 14.5 Å². The molecule has 8 nitrogen and oxygen atoms in total. The topological polar surface area (TPSA) is 93.9 Å². The summed E-state index contributed by atoms with van der Waals surface area (Å²) in [4.78, 5) is 32.6. The predicted octanol–water partition coefficient (Wildman–Crippen LogP) is 2.15. The van der Waals surface area contributed by atoms with E-state index in [1.165, 1.54) is 0 Å². The third kappa shape index (κ3) is 2.79. The summed E-state index contributed by atoms with van der Waals surface area (Å²) >= 11 is 0. The molecule has 4 heterocycles. The Kier molecular flexibility index (Phi) is 4.61. The normalized spacial score (nSPS) is 19.0. The van der Waals surface area contributed by atoms with Gasteiger partial charge in [0.2, 0.25) is 0 Å². The second-order valence-electron chi connectivity index (χ2n) is 8.65. The molecule has 2 aromatic heterocycles. The van der Waals surface area contributed by atoms with E-state index in [1.807, 2.05) is 26.2 Å². The number of hydrogen-bond acceptors (Lipinski definition) is 7. The van der Waals surface area contributed by atoms with E-state index in [9.17, 15) is 14.7 Å². The van der Waals surface area contributed by atoms with Crippen LogP contribution >= 0.6 is 0 Å². The van der Waals surface area contributed by atoms with Crippen LogP contribution in [-0.4, -0.2) is 46.7 Å². The zero-order valence-electron chi connectivity index (χ0n) is 18.6. The summed E-state index contributed by atoms with van der Waals surface area (Å²) < 4.78 is 12.4. The van der Waals surface area contributed by atoms with Gasteiger partial charge in [-0.25, -0.2) is 9.78 Å². The first kappa shape index (κ1) is 20.7. The minimum atomic E-state index is -1.83. The van der Waals surface area contributed by atoms with Crippen LogP contribution in [0.15, 0.2) is 29.1 Å². The molecule has 0 fully saturated rings. The fourth-order valence-electron chi connectivity index (χ4n) is 4.76. The molecule has 0 saturated carbocycles. The summed E-state index contributed by atoms with van der Waals surface area (Å²) in [7, 11) is 5.65. The van der Waals surface area contributed by atoms with Crippen LogP contribution in [0, 0.1) is 0 Å². The van der Waals surface area contributed by atoms with Crippen molar-refractivity contribution in [1.29, 1.82) is 0 Å². The molecule has 3 aromatic rings. The van der Waals surface area contributed by atoms with Crippen molar-refractivity contribution in [3.05, 3.63) is 56.9 Å². The molecule has 0 unspecified atom stereocenters. The Hall–Kier alpha value is -3.23. The minimum Gasteiger partial charge on any atom is -0.496 e. The highest BCUT2D eigenvalue weighted by molar-refractivity contribution is 5.89. The number of nitrogens with zero attached hydrogens (tertiary/aromatic N) is 3. The maximum Gasteiger partial charge on any atom is 0.343 e. The van der Waals surface area contributed by atoms with Gasteiger partial charge >= 0.3 is 5.97 Å². The Morgan fingerprint density at radius 1 is 1.28 bits per heavy atom. The SMILES string of the molecule is CC[C@@]1(O)C(=O)OCc2c1cc1n(c2=O)Cc2cc3c(CN(C)C)c(OC)ccc3nc2-1. The second-order valence-corrected chi connectivity index (χ2v) is 8.65. The van der Waals surface area contributed by atoms with Crippen LogP contribution in [-0.2, 0) is 34.8 Å². The lowest BCUT2D eigenvalue weighted by molar-refractivity contribution is -0.172. The molecule has 8 heteroatoms. The van der Waals surface area contributed by atoms with Crippen LogP contribution in [0.1, 0.15) is 35.6 Å². The van der Waals surface area contributed by atoms with Crippen LogP contribution in [0.3, 0.4) is 0 Å². The quantitative estimate of drug-likeness (QED) is 0.491. The van der Waals surface area contributed by atoms with Crippen LogP contribution in [0.5, 0.6) is 5.75 Å². The maximum atomic E-state index is 13.3. The van der Waals surface area contributed by atoms with E-state index >= 15 is 0 Å². The van der Waals surface area contributed by atoms with Gasteiger partial charge in [-0.05, 0) is 44.8 Å². The predicted molar refractivity (Wildman–Crippen MR) is 118 cm³/mol. The number of rotatable bonds is 4. The number of carbonyl (C=O) groups is 1. The number of methoxy groups -OCH3 is 1. The number of aliphatic hydroxyl groups is 1. The highest BCUT2D eigenvalue weighted by atomic mass is 16.6. The van der Waals surface area contributed by atoms with Crippen LogP contribution in [0.2, 0.25) is 0 Å². The Labute approximate surface area is 185 Å². The van der Waals surface area contributed by atoms with Gasteiger partial charge in [0.1, 0.15) is 12.4 Å². The van der Waals surface area contributed by atoms with Gasteiger partial charge in [-0.1, -0.05) is 6.92 Å². The largest absolute Gasteiger partial charge is 0.496 e. The van der Waals surface area contributed by atoms with Gasteiger partial charge in [0.05, 0.1) is 36.1 Å². The molecule has 0 aliphatic carbocycles. The summed E-state index contributed by atoms with van der Waals surface area (Å²) in [5.41, 5.74) is 2.61. The number of aromatic nitrogens is 2. The Balaban J connectivity index is 1.74. The number of pyridine rings is 2. The monoisotopic (exact) mass is 435 g/mol. The molecule has 1 aromatic carbocycles. The Morgan fingerprint density at radius 3 is 2.75 bits per heavy atom. The molecule has 0 bridgehead atoms. The third-order valence-electron chi connectivity index (χ3n) is 6.45. The Morgan fingerprint density at radius 2 is 2.06 bits per heavy atom. The zero-order chi connectivity index (χ0) is 22.8. The van der Waals surface area contributed by atoms with Crippen molar-refractivity contribution in [2.75, 3.05) is 21.2 Å². The fraction of sp³-hybridized carbons (Fsp3) is 0.375. The number of cyclic esters (lactones) is 1. The average molecular weight is 435 g/mol. The van der Waals surface area contributed by atoms with Crippen LogP contribution in [0.4, 0.5) is 0 Å². The molecule has 0 saturated heterocycles. The summed E-state index contributed by atoms with van der Waals surface area (Å²) in [6, 6.07) is 7.61. The fourth-order valence-corrected chi connectivity index (χ4v) is 4.76. The standard InChI is InChI=1S/C24H25N3O5/c1-5-24(30)17-9-19-21-13(10-27(19)22(28)16(17)12-32-23(24)29)8-14-15(11-26(2)3)20(31-4)7-6-18(14)25-21/h6-9,30H,5,10-12H2,1-4H3/t24-/m0/s1. The summed E-state index contributed by atoms with van der Waals surface area (Å²) in [5, 5.41) is 12.0. The van der Waals surface area contributed by atoms with Crippen LogP contribution in [0.25, 0.3) is 22.3 Å². The second kappa shape index (κ2) is 7.15. The molecule has 2 aliphatic rings. The van der Waals surface area contributed by atoms with Gasteiger partial charge in [-0.2, -0.15) is 0 Å². The van der Waals surface area contributed by atoms with Gasteiger partial charge in [-0.15, -0.1) is 0 Å². The van der Waals surface area contributed by atoms with Gasteiger partial charge < -0.3 is 24.0 Å². The van der Waals surface area contributed by atoms with Crippen LogP contribution < -0.4 is 10.3 Å². The summed E-state index contributed by atoms with van der Waals surface area (Å²) in [5.74, 6) is 0.0710. The third-order valence-corrected chi connectivity index (χ3v) is 6.45. The van der Waals surface area contributed by atoms with E-state index in [1.54, 1.807) is 24.7 Å². The molecule has 166 valence electrons. The van der Waals surface area contributed by atoms with Crippen molar-refractivity contribution in [2.45, 2.75) is 38.6 Å². The number of ether oxygens (including phenoxy) is 2. The van der Waals surface area contributed by atoms with Crippen molar-refractivity contribution in [3.63, 3.8) is 0 Å². The van der Waals surface area contributed by atoms with Crippen molar-refractivity contribution >= 4 is 16.9 Å². The molecular formula is C24H25N3O5. The van der Waals surface area contributed by atoms with Gasteiger partial charge in [-0.3, -0.25) is 4.79 Å². The van der Waals surface area contributed by atoms with E-state index in [0.717, 1.165) is 27.8 Å².